The van der Waals surface area contributed by atoms with E-state index in [-0.39, 0.29) is 0 Å². The molecule has 1 radical (unpaired) electrons. The molecule has 0 aromatic rings. The SMILES string of the molecule is C1CC2(COC2)[N]1. The molecule has 2 fully saturated rings. The van der Waals surface area contributed by atoms with Crippen LogP contribution in [0.2, 0.25) is 0 Å². The molecule has 2 aliphatic rings. The Kier molecular flexibility index (Phi) is 0.557. The van der Waals surface area contributed by atoms with Gasteiger partial charge < -0.3 is 4.74 Å². The third-order valence-corrected chi connectivity index (χ3v) is 1.77. The van der Waals surface area contributed by atoms with Crippen LogP contribution in [0.5, 0.6) is 0 Å². The van der Waals surface area contributed by atoms with Crippen molar-refractivity contribution in [2.45, 2.75) is 12.0 Å². The minimum atomic E-state index is 0.347. The van der Waals surface area contributed by atoms with Crippen LogP contribution in [0.1, 0.15) is 6.42 Å². The maximum absolute atomic E-state index is 4.99. The molecule has 2 heteroatoms. The lowest BCUT2D eigenvalue weighted by atomic mass is 9.86. The van der Waals surface area contributed by atoms with E-state index in [0.29, 0.717) is 5.54 Å². The number of ether oxygens (including phenoxy) is 1. The van der Waals surface area contributed by atoms with Crippen LogP contribution < -0.4 is 5.32 Å². The highest BCUT2D eigenvalue weighted by molar-refractivity contribution is 5.01. The first-order chi connectivity index (χ1) is 3.41. The van der Waals surface area contributed by atoms with Gasteiger partial charge in [-0.2, -0.15) is 0 Å². The lowest BCUT2D eigenvalue weighted by molar-refractivity contribution is -0.110. The first kappa shape index (κ1) is 3.87. The zero-order chi connectivity index (χ0) is 4.74. The van der Waals surface area contributed by atoms with Gasteiger partial charge in [0.15, 0.2) is 0 Å². The lowest BCUT2D eigenvalue weighted by Crippen LogP contribution is -2.64. The van der Waals surface area contributed by atoms with Crippen LogP contribution in [0.3, 0.4) is 0 Å². The van der Waals surface area contributed by atoms with Crippen molar-refractivity contribution in [2.75, 3.05) is 19.8 Å². The van der Waals surface area contributed by atoms with Crippen LogP contribution in [0.25, 0.3) is 0 Å². The van der Waals surface area contributed by atoms with E-state index in [2.05, 4.69) is 5.32 Å². The Morgan fingerprint density at radius 1 is 1.43 bits per heavy atom. The Balaban J connectivity index is 2.00. The molecule has 0 bridgehead atoms. The molecule has 0 aliphatic carbocycles. The van der Waals surface area contributed by atoms with Crippen molar-refractivity contribution in [2.24, 2.45) is 0 Å². The molecule has 2 nitrogen and oxygen atoms in total. The average Bonchev–Trinajstić information content (AvgIpc) is 1.20. The topological polar surface area (TPSA) is 23.3 Å². The third-order valence-electron chi connectivity index (χ3n) is 1.77. The van der Waals surface area contributed by atoms with Crippen molar-refractivity contribution in [1.29, 1.82) is 0 Å². The molecule has 1 spiro atoms. The monoisotopic (exact) mass is 98.1 g/mol. The molecule has 39 valence electrons. The van der Waals surface area contributed by atoms with Crippen LogP contribution in [0.15, 0.2) is 0 Å². The fraction of sp³-hybridized carbons (Fsp3) is 1.00. The fourth-order valence-corrected chi connectivity index (χ4v) is 1.00. The number of hydrogen-bond donors (Lipinski definition) is 0. The highest BCUT2D eigenvalue weighted by Gasteiger charge is 2.44. The molecular formula is C5H8NO. The highest BCUT2D eigenvalue weighted by Crippen LogP contribution is 2.28. The summed E-state index contributed by atoms with van der Waals surface area (Å²) in [6, 6.07) is 0. The Morgan fingerprint density at radius 3 is 2.14 bits per heavy atom. The van der Waals surface area contributed by atoms with Crippen LogP contribution in [0.4, 0.5) is 0 Å². The summed E-state index contributed by atoms with van der Waals surface area (Å²) in [5.41, 5.74) is 0.347. The highest BCUT2D eigenvalue weighted by atomic mass is 16.5. The van der Waals surface area contributed by atoms with Crippen molar-refractivity contribution in [3.05, 3.63) is 0 Å². The van der Waals surface area contributed by atoms with Crippen LogP contribution in [-0.4, -0.2) is 25.3 Å². The molecule has 2 rings (SSSR count). The molecule has 0 unspecified atom stereocenters. The average molecular weight is 98.1 g/mol. The normalized spacial score (nSPS) is 34.3. The van der Waals surface area contributed by atoms with Gasteiger partial charge in [0.2, 0.25) is 0 Å². The summed E-state index contributed by atoms with van der Waals surface area (Å²) in [5, 5.41) is 4.28. The van der Waals surface area contributed by atoms with Gasteiger partial charge in [-0.1, -0.05) is 0 Å². The molecule has 2 saturated heterocycles. The van der Waals surface area contributed by atoms with Gasteiger partial charge in [0.05, 0.1) is 18.8 Å². The summed E-state index contributed by atoms with van der Waals surface area (Å²) in [5.74, 6) is 0. The van der Waals surface area contributed by atoms with E-state index in [1.165, 1.54) is 6.42 Å². The quantitative estimate of drug-likeness (QED) is 0.410. The van der Waals surface area contributed by atoms with Gasteiger partial charge in [-0.3, -0.25) is 0 Å². The summed E-state index contributed by atoms with van der Waals surface area (Å²) in [6.45, 7) is 2.86. The van der Waals surface area contributed by atoms with Crippen molar-refractivity contribution in [3.8, 4) is 0 Å². The van der Waals surface area contributed by atoms with Crippen LogP contribution >= 0.6 is 0 Å². The van der Waals surface area contributed by atoms with Crippen molar-refractivity contribution in [3.63, 3.8) is 0 Å². The van der Waals surface area contributed by atoms with E-state index < -0.39 is 0 Å². The second-order valence-corrected chi connectivity index (χ2v) is 2.35. The van der Waals surface area contributed by atoms with Gasteiger partial charge in [0, 0.05) is 6.54 Å². The zero-order valence-electron chi connectivity index (χ0n) is 4.18. The van der Waals surface area contributed by atoms with Crippen molar-refractivity contribution < 1.29 is 4.74 Å². The Bertz CT molecular complexity index is 68.6. The molecule has 2 aliphatic heterocycles. The third kappa shape index (κ3) is 0.359. The molecule has 0 aromatic heterocycles. The minimum Gasteiger partial charge on any atom is -0.377 e. The summed E-state index contributed by atoms with van der Waals surface area (Å²) in [4.78, 5) is 0. The maximum Gasteiger partial charge on any atom is 0.0834 e. The smallest absolute Gasteiger partial charge is 0.0834 e. The number of hydrogen-bond acceptors (Lipinski definition) is 1. The molecule has 2 heterocycles. The molecule has 0 saturated carbocycles. The van der Waals surface area contributed by atoms with E-state index in [1.807, 2.05) is 0 Å². The van der Waals surface area contributed by atoms with Crippen molar-refractivity contribution in [1.82, 2.24) is 5.32 Å². The first-order valence-corrected chi connectivity index (χ1v) is 2.68. The van der Waals surface area contributed by atoms with E-state index in [4.69, 9.17) is 4.74 Å². The Morgan fingerprint density at radius 2 is 2.14 bits per heavy atom. The molecule has 0 N–H and O–H groups in total. The van der Waals surface area contributed by atoms with Crippen LogP contribution in [-0.2, 0) is 4.74 Å². The van der Waals surface area contributed by atoms with Crippen molar-refractivity contribution >= 4 is 0 Å². The van der Waals surface area contributed by atoms with Gasteiger partial charge in [-0.15, -0.1) is 0 Å². The standard InChI is InChI=1S/C5H8NO/c1-2-6-5(1)3-7-4-5/h1-4H2. The second kappa shape index (κ2) is 1.01. The largest absolute Gasteiger partial charge is 0.377 e. The molecule has 7 heavy (non-hydrogen) atoms. The first-order valence-electron chi connectivity index (χ1n) is 2.68. The number of rotatable bonds is 0. The molecule has 0 aromatic carbocycles. The van der Waals surface area contributed by atoms with Gasteiger partial charge in [0.1, 0.15) is 0 Å². The van der Waals surface area contributed by atoms with E-state index in [0.717, 1.165) is 19.8 Å². The fourth-order valence-electron chi connectivity index (χ4n) is 1.00. The summed E-state index contributed by atoms with van der Waals surface area (Å²) in [6.07, 6.45) is 1.27. The van der Waals surface area contributed by atoms with Gasteiger partial charge in [0.25, 0.3) is 0 Å². The van der Waals surface area contributed by atoms with E-state index >= 15 is 0 Å². The zero-order valence-corrected chi connectivity index (χ0v) is 4.18. The second-order valence-electron chi connectivity index (χ2n) is 2.35. The number of nitrogens with zero attached hydrogens (tertiary/aromatic N) is 1. The Labute approximate surface area is 42.9 Å². The van der Waals surface area contributed by atoms with Gasteiger partial charge in [-0.05, 0) is 6.42 Å². The lowest BCUT2D eigenvalue weighted by Gasteiger charge is -2.47. The summed E-state index contributed by atoms with van der Waals surface area (Å²) >= 11 is 0. The Hall–Kier alpha value is -0.0800. The molecule has 0 amide bonds. The minimum absolute atomic E-state index is 0.347. The predicted octanol–water partition coefficient (Wildman–Crippen LogP) is -0.236. The summed E-state index contributed by atoms with van der Waals surface area (Å²) in [7, 11) is 0. The molecular weight excluding hydrogens is 90.1 g/mol. The predicted molar refractivity (Wildman–Crippen MR) is 25.2 cm³/mol. The van der Waals surface area contributed by atoms with E-state index in [9.17, 15) is 0 Å². The summed E-state index contributed by atoms with van der Waals surface area (Å²) < 4.78 is 4.99. The van der Waals surface area contributed by atoms with Gasteiger partial charge in [-0.25, -0.2) is 5.32 Å². The molecule has 0 atom stereocenters. The van der Waals surface area contributed by atoms with Crippen LogP contribution in [0, 0.1) is 0 Å². The van der Waals surface area contributed by atoms with E-state index in [1.54, 1.807) is 0 Å². The van der Waals surface area contributed by atoms with Gasteiger partial charge >= 0.3 is 0 Å². The maximum atomic E-state index is 4.99.